The molecule has 0 aliphatic heterocycles. The van der Waals surface area contributed by atoms with Crippen LogP contribution in [0.4, 0.5) is 5.69 Å². The molecule has 0 aromatic heterocycles. The second kappa shape index (κ2) is 14.1. The van der Waals surface area contributed by atoms with Crippen LogP contribution in [0, 0.1) is 6.92 Å². The van der Waals surface area contributed by atoms with Crippen molar-refractivity contribution in [3.8, 4) is 0 Å². The first kappa shape index (κ1) is 30.8. The van der Waals surface area contributed by atoms with Crippen molar-refractivity contribution < 1.29 is 18.0 Å². The molecule has 0 spiro atoms. The van der Waals surface area contributed by atoms with E-state index in [1.807, 2.05) is 98.8 Å². The molecule has 220 valence electrons. The molecule has 4 aromatic rings. The molecule has 2 amide bonds. The van der Waals surface area contributed by atoms with Crippen molar-refractivity contribution in [3.05, 3.63) is 114 Å². The molecule has 4 aromatic carbocycles. The highest BCUT2D eigenvalue weighted by Gasteiger charge is 2.33. The van der Waals surface area contributed by atoms with Crippen LogP contribution in [0.3, 0.4) is 0 Å². The number of nitrogens with one attached hydrogen (secondary N) is 1. The number of aryl methyl sites for hydroxylation is 1. The molecule has 0 saturated carbocycles. The molecule has 0 saturated heterocycles. The quantitative estimate of drug-likeness (QED) is 0.211. The van der Waals surface area contributed by atoms with Gasteiger partial charge in [0, 0.05) is 24.9 Å². The van der Waals surface area contributed by atoms with Crippen LogP contribution in [-0.4, -0.2) is 50.5 Å². The lowest BCUT2D eigenvalue weighted by molar-refractivity contribution is -0.140. The van der Waals surface area contributed by atoms with Gasteiger partial charge in [-0.2, -0.15) is 0 Å². The maximum atomic E-state index is 14.3. The van der Waals surface area contributed by atoms with Crippen molar-refractivity contribution >= 4 is 38.3 Å². The number of nitrogens with zero attached hydrogens (tertiary/aromatic N) is 2. The van der Waals surface area contributed by atoms with E-state index in [1.165, 1.54) is 4.90 Å². The van der Waals surface area contributed by atoms with Gasteiger partial charge in [0.1, 0.15) is 12.6 Å². The molecule has 42 heavy (non-hydrogen) atoms. The number of amides is 2. The molecule has 1 N–H and O–H groups in total. The molecule has 0 heterocycles. The van der Waals surface area contributed by atoms with Crippen molar-refractivity contribution in [2.45, 2.75) is 45.7 Å². The van der Waals surface area contributed by atoms with E-state index in [0.29, 0.717) is 18.7 Å². The molecule has 0 radical (unpaired) electrons. The van der Waals surface area contributed by atoms with Gasteiger partial charge in [-0.15, -0.1) is 0 Å². The predicted molar refractivity (Wildman–Crippen MR) is 170 cm³/mol. The summed E-state index contributed by atoms with van der Waals surface area (Å²) in [5.74, 6) is -0.718. The number of unbranched alkanes of at least 4 members (excludes halogenated alkanes) is 1. The van der Waals surface area contributed by atoms with Gasteiger partial charge >= 0.3 is 0 Å². The van der Waals surface area contributed by atoms with E-state index < -0.39 is 28.5 Å². The molecule has 7 nitrogen and oxygen atoms in total. The summed E-state index contributed by atoms with van der Waals surface area (Å²) in [5.41, 5.74) is 3.26. The Hall–Kier alpha value is -4.17. The fourth-order valence-corrected chi connectivity index (χ4v) is 5.83. The normalized spacial score (nSPS) is 12.1. The predicted octanol–water partition coefficient (Wildman–Crippen LogP) is 5.47. The Balaban J connectivity index is 1.76. The van der Waals surface area contributed by atoms with E-state index in [-0.39, 0.29) is 12.5 Å². The standard InChI is InChI=1S/C34H39N3O4S/c1-4-5-22-35-34(39)32(23-27-12-7-6-8-13-27)36(24-28-20-18-26(2)19-21-28)33(38)25-37(42(3,40)41)31-17-11-15-29-14-9-10-16-30(29)31/h6-21,32H,4-5,22-25H2,1-3H3,(H,35,39). The summed E-state index contributed by atoms with van der Waals surface area (Å²) in [6, 6.07) is 29.4. The molecule has 0 aliphatic rings. The van der Waals surface area contributed by atoms with Gasteiger partial charge in [0.15, 0.2) is 0 Å². The largest absolute Gasteiger partial charge is 0.354 e. The molecule has 1 atom stereocenters. The second-order valence-electron chi connectivity index (χ2n) is 10.6. The molecule has 0 fully saturated rings. The van der Waals surface area contributed by atoms with E-state index >= 15 is 0 Å². The average molecular weight is 586 g/mol. The number of carbonyl (C=O) groups excluding carboxylic acids is 2. The summed E-state index contributed by atoms with van der Waals surface area (Å²) < 4.78 is 27.5. The van der Waals surface area contributed by atoms with Crippen molar-refractivity contribution in [2.75, 3.05) is 23.7 Å². The topological polar surface area (TPSA) is 86.8 Å². The van der Waals surface area contributed by atoms with Gasteiger partial charge in [0.05, 0.1) is 11.9 Å². The summed E-state index contributed by atoms with van der Waals surface area (Å²) in [6.07, 6.45) is 3.14. The zero-order chi connectivity index (χ0) is 30.1. The van der Waals surface area contributed by atoms with Gasteiger partial charge in [-0.25, -0.2) is 8.42 Å². The monoisotopic (exact) mass is 585 g/mol. The highest BCUT2D eigenvalue weighted by Crippen LogP contribution is 2.29. The summed E-state index contributed by atoms with van der Waals surface area (Å²) in [6.45, 7) is 4.25. The van der Waals surface area contributed by atoms with Gasteiger partial charge in [0.25, 0.3) is 0 Å². The van der Waals surface area contributed by atoms with Crippen LogP contribution >= 0.6 is 0 Å². The first-order valence-electron chi connectivity index (χ1n) is 14.3. The van der Waals surface area contributed by atoms with Crippen molar-refractivity contribution in [3.63, 3.8) is 0 Å². The third kappa shape index (κ3) is 7.97. The number of carbonyl (C=O) groups is 2. The van der Waals surface area contributed by atoms with Crippen LogP contribution in [0.5, 0.6) is 0 Å². The van der Waals surface area contributed by atoms with E-state index in [9.17, 15) is 18.0 Å². The lowest BCUT2D eigenvalue weighted by Gasteiger charge is -2.33. The summed E-state index contributed by atoms with van der Waals surface area (Å²) in [4.78, 5) is 29.5. The van der Waals surface area contributed by atoms with Gasteiger partial charge in [-0.1, -0.05) is 110 Å². The number of benzene rings is 4. The number of fused-ring (bicyclic) bond motifs is 1. The van der Waals surface area contributed by atoms with Crippen LogP contribution in [0.1, 0.15) is 36.5 Å². The second-order valence-corrected chi connectivity index (χ2v) is 12.5. The van der Waals surface area contributed by atoms with Crippen molar-refractivity contribution in [1.29, 1.82) is 0 Å². The van der Waals surface area contributed by atoms with Crippen molar-refractivity contribution in [2.24, 2.45) is 0 Å². The summed E-state index contributed by atoms with van der Waals surface area (Å²) >= 11 is 0. The van der Waals surface area contributed by atoms with E-state index in [1.54, 1.807) is 12.1 Å². The number of hydrogen-bond acceptors (Lipinski definition) is 4. The molecule has 8 heteroatoms. The van der Waals surface area contributed by atoms with Crippen LogP contribution in [0.2, 0.25) is 0 Å². The molecular weight excluding hydrogens is 546 g/mol. The Bertz CT molecular complexity index is 1600. The van der Waals surface area contributed by atoms with Crippen LogP contribution in [0.25, 0.3) is 10.8 Å². The summed E-state index contributed by atoms with van der Waals surface area (Å²) in [7, 11) is -3.85. The van der Waals surface area contributed by atoms with Crippen molar-refractivity contribution in [1.82, 2.24) is 10.2 Å². The smallest absolute Gasteiger partial charge is 0.244 e. The molecule has 0 aliphatic carbocycles. The van der Waals surface area contributed by atoms with Gasteiger partial charge < -0.3 is 10.2 Å². The SMILES string of the molecule is CCCCNC(=O)C(Cc1ccccc1)N(Cc1ccc(C)cc1)C(=O)CN(c1cccc2ccccc12)S(C)(=O)=O. The third-order valence-corrected chi connectivity index (χ3v) is 8.42. The highest BCUT2D eigenvalue weighted by molar-refractivity contribution is 7.92. The zero-order valence-corrected chi connectivity index (χ0v) is 25.3. The van der Waals surface area contributed by atoms with E-state index in [4.69, 9.17) is 0 Å². The van der Waals surface area contributed by atoms with Crippen LogP contribution in [-0.2, 0) is 32.6 Å². The average Bonchev–Trinajstić information content (AvgIpc) is 2.98. The van der Waals surface area contributed by atoms with Crippen LogP contribution in [0.15, 0.2) is 97.1 Å². The Morgan fingerprint density at radius 1 is 0.833 bits per heavy atom. The number of sulfonamides is 1. The Labute approximate surface area is 249 Å². The molecule has 4 rings (SSSR count). The first-order valence-corrected chi connectivity index (χ1v) is 16.1. The fourth-order valence-electron chi connectivity index (χ4n) is 4.97. The molecule has 1 unspecified atom stereocenters. The minimum atomic E-state index is -3.85. The van der Waals surface area contributed by atoms with Gasteiger partial charge in [0.2, 0.25) is 21.8 Å². The first-order chi connectivity index (χ1) is 20.2. The van der Waals surface area contributed by atoms with Crippen LogP contribution < -0.4 is 9.62 Å². The van der Waals surface area contributed by atoms with E-state index in [0.717, 1.165) is 50.9 Å². The highest BCUT2D eigenvalue weighted by atomic mass is 32.2. The molecule has 0 bridgehead atoms. The Kier molecular flexibility index (Phi) is 10.4. The van der Waals surface area contributed by atoms with Gasteiger partial charge in [-0.05, 0) is 35.9 Å². The lowest BCUT2D eigenvalue weighted by atomic mass is 10.0. The zero-order valence-electron chi connectivity index (χ0n) is 24.5. The number of anilines is 1. The Morgan fingerprint density at radius 3 is 2.19 bits per heavy atom. The molecular formula is C34H39N3O4S. The Morgan fingerprint density at radius 2 is 1.50 bits per heavy atom. The minimum Gasteiger partial charge on any atom is -0.354 e. The number of rotatable bonds is 13. The maximum absolute atomic E-state index is 14.3. The third-order valence-electron chi connectivity index (χ3n) is 7.29. The van der Waals surface area contributed by atoms with Gasteiger partial charge in [-0.3, -0.25) is 13.9 Å². The maximum Gasteiger partial charge on any atom is 0.244 e. The summed E-state index contributed by atoms with van der Waals surface area (Å²) in [5, 5.41) is 4.60. The lowest BCUT2D eigenvalue weighted by Crippen LogP contribution is -2.53. The van der Waals surface area contributed by atoms with E-state index in [2.05, 4.69) is 5.32 Å². The fraction of sp³-hybridized carbons (Fsp3) is 0.294. The minimum absolute atomic E-state index is 0.158. The number of hydrogen-bond donors (Lipinski definition) is 1.